The molecule has 0 aliphatic rings. The first-order valence-corrected chi connectivity index (χ1v) is 5.05. The Morgan fingerprint density at radius 2 is 2.31 bits per heavy atom. The van der Waals surface area contributed by atoms with E-state index in [1.807, 2.05) is 0 Å². The predicted molar refractivity (Wildman–Crippen MR) is 63.2 cm³/mol. The molecule has 16 heavy (non-hydrogen) atoms. The molecule has 0 radical (unpaired) electrons. The highest BCUT2D eigenvalue weighted by Gasteiger charge is 2.07. The van der Waals surface area contributed by atoms with Crippen molar-refractivity contribution in [1.82, 2.24) is 0 Å². The van der Waals surface area contributed by atoms with E-state index in [0.29, 0.717) is 16.0 Å². The fourth-order valence-corrected chi connectivity index (χ4v) is 1.51. The third kappa shape index (κ3) is 1.95. The van der Waals surface area contributed by atoms with Gasteiger partial charge < -0.3 is 9.15 Å². The van der Waals surface area contributed by atoms with E-state index in [2.05, 4.69) is 6.58 Å². The predicted octanol–water partition coefficient (Wildman–Crippen LogP) is 3.01. The highest BCUT2D eigenvalue weighted by Crippen LogP contribution is 2.19. The second-order valence-electron chi connectivity index (χ2n) is 3.17. The molecule has 0 fully saturated rings. The number of hydrogen-bond acceptors (Lipinski definition) is 3. The minimum atomic E-state index is -0.231. The first-order chi connectivity index (χ1) is 7.72. The maximum atomic E-state index is 11.9. The van der Waals surface area contributed by atoms with E-state index < -0.39 is 0 Å². The third-order valence-corrected chi connectivity index (χ3v) is 2.29. The summed E-state index contributed by atoms with van der Waals surface area (Å²) in [5.41, 5.74) is 0.256. The van der Waals surface area contributed by atoms with E-state index in [0.717, 1.165) is 0 Å². The summed E-state index contributed by atoms with van der Waals surface area (Å²) < 4.78 is 10.4. The molecule has 0 spiro atoms. The van der Waals surface area contributed by atoms with Crippen LogP contribution < -0.4 is 10.2 Å². The normalized spacial score (nSPS) is 10.3. The van der Waals surface area contributed by atoms with E-state index in [4.69, 9.17) is 20.8 Å². The van der Waals surface area contributed by atoms with Crippen molar-refractivity contribution in [1.29, 1.82) is 0 Å². The largest absolute Gasteiger partial charge is 0.482 e. The molecule has 4 heteroatoms. The van der Waals surface area contributed by atoms with Gasteiger partial charge in [-0.2, -0.15) is 0 Å². The minimum absolute atomic E-state index is 0.162. The lowest BCUT2D eigenvalue weighted by Crippen LogP contribution is -2.07. The van der Waals surface area contributed by atoms with Gasteiger partial charge in [-0.3, -0.25) is 4.79 Å². The SMILES string of the molecule is C=CCOc1coc2ccc(Cl)cc2c1=O. The smallest absolute Gasteiger partial charge is 0.234 e. The monoisotopic (exact) mass is 236 g/mol. The van der Waals surface area contributed by atoms with Gasteiger partial charge in [0.1, 0.15) is 18.5 Å². The molecule has 2 rings (SSSR count). The zero-order valence-corrected chi connectivity index (χ0v) is 9.16. The summed E-state index contributed by atoms with van der Waals surface area (Å²) in [5, 5.41) is 0.898. The van der Waals surface area contributed by atoms with Gasteiger partial charge >= 0.3 is 0 Å². The fourth-order valence-electron chi connectivity index (χ4n) is 1.33. The average molecular weight is 237 g/mol. The van der Waals surface area contributed by atoms with E-state index in [1.54, 1.807) is 24.3 Å². The van der Waals surface area contributed by atoms with Gasteiger partial charge in [-0.05, 0) is 18.2 Å². The van der Waals surface area contributed by atoms with Crippen LogP contribution in [0.1, 0.15) is 0 Å². The van der Waals surface area contributed by atoms with Crippen LogP contribution in [0.3, 0.4) is 0 Å². The quantitative estimate of drug-likeness (QED) is 0.769. The summed E-state index contributed by atoms with van der Waals surface area (Å²) in [6.45, 7) is 3.76. The van der Waals surface area contributed by atoms with E-state index in [9.17, 15) is 4.79 Å². The third-order valence-electron chi connectivity index (χ3n) is 2.06. The van der Waals surface area contributed by atoms with Crippen molar-refractivity contribution in [2.75, 3.05) is 6.61 Å². The highest BCUT2D eigenvalue weighted by atomic mass is 35.5. The van der Waals surface area contributed by atoms with Crippen LogP contribution >= 0.6 is 11.6 Å². The molecule has 0 N–H and O–H groups in total. The standard InChI is InChI=1S/C12H9ClO3/c1-2-5-15-11-7-16-10-4-3-8(13)6-9(10)12(11)14/h2-4,6-7H,1,5H2. The molecule has 0 unspecified atom stereocenters. The van der Waals surface area contributed by atoms with Crippen LogP contribution in [0.15, 0.2) is 46.3 Å². The number of halogens is 1. The Bertz CT molecular complexity index is 586. The van der Waals surface area contributed by atoms with Crippen molar-refractivity contribution in [2.45, 2.75) is 0 Å². The number of ether oxygens (including phenoxy) is 1. The molecule has 0 bridgehead atoms. The minimum Gasteiger partial charge on any atom is -0.482 e. The molecule has 0 atom stereocenters. The van der Waals surface area contributed by atoms with Crippen LogP contribution in [-0.4, -0.2) is 6.61 Å². The number of benzene rings is 1. The molecule has 1 aromatic heterocycles. The molecule has 2 aromatic rings. The molecule has 0 saturated heterocycles. The molecule has 1 heterocycles. The van der Waals surface area contributed by atoms with Gasteiger partial charge in [-0.15, -0.1) is 0 Å². The lowest BCUT2D eigenvalue weighted by atomic mass is 10.2. The van der Waals surface area contributed by atoms with E-state index in [-0.39, 0.29) is 17.8 Å². The second kappa shape index (κ2) is 4.41. The van der Waals surface area contributed by atoms with Crippen molar-refractivity contribution in [3.05, 3.63) is 52.4 Å². The Balaban J connectivity index is 2.59. The molecule has 0 saturated carbocycles. The maximum Gasteiger partial charge on any atom is 0.234 e. The Morgan fingerprint density at radius 3 is 3.06 bits per heavy atom. The molecular weight excluding hydrogens is 228 g/mol. The maximum absolute atomic E-state index is 11.9. The van der Waals surface area contributed by atoms with E-state index >= 15 is 0 Å². The van der Waals surface area contributed by atoms with Crippen molar-refractivity contribution in [2.24, 2.45) is 0 Å². The summed E-state index contributed by atoms with van der Waals surface area (Å²) in [6, 6.07) is 4.87. The van der Waals surface area contributed by atoms with Gasteiger partial charge in [0.05, 0.1) is 5.39 Å². The number of rotatable bonds is 3. The van der Waals surface area contributed by atoms with Crippen LogP contribution in [0, 0.1) is 0 Å². The first-order valence-electron chi connectivity index (χ1n) is 4.67. The van der Waals surface area contributed by atoms with Gasteiger partial charge in [0, 0.05) is 5.02 Å². The molecular formula is C12H9ClO3. The topological polar surface area (TPSA) is 39.4 Å². The van der Waals surface area contributed by atoms with Crippen LogP contribution in [0.2, 0.25) is 5.02 Å². The number of fused-ring (bicyclic) bond motifs is 1. The van der Waals surface area contributed by atoms with Crippen molar-refractivity contribution < 1.29 is 9.15 Å². The first kappa shape index (κ1) is 10.8. The number of hydrogen-bond donors (Lipinski definition) is 0. The molecule has 82 valence electrons. The Kier molecular flexibility index (Phi) is 2.97. The molecule has 3 nitrogen and oxygen atoms in total. The van der Waals surface area contributed by atoms with Crippen molar-refractivity contribution in [3.63, 3.8) is 0 Å². The Morgan fingerprint density at radius 1 is 1.50 bits per heavy atom. The average Bonchev–Trinajstić information content (AvgIpc) is 2.29. The summed E-state index contributed by atoms with van der Waals surface area (Å²) >= 11 is 5.81. The van der Waals surface area contributed by atoms with Gasteiger partial charge in [0.2, 0.25) is 11.2 Å². The van der Waals surface area contributed by atoms with Crippen LogP contribution in [0.4, 0.5) is 0 Å². The Labute approximate surface area is 96.9 Å². The zero-order chi connectivity index (χ0) is 11.5. The van der Waals surface area contributed by atoms with Gasteiger partial charge in [-0.1, -0.05) is 24.3 Å². The van der Waals surface area contributed by atoms with Crippen molar-refractivity contribution >= 4 is 22.6 Å². The molecule has 0 aliphatic heterocycles. The lowest BCUT2D eigenvalue weighted by Gasteiger charge is -2.03. The van der Waals surface area contributed by atoms with Crippen molar-refractivity contribution in [3.8, 4) is 5.75 Å². The van der Waals surface area contributed by atoms with Crippen LogP contribution in [0.5, 0.6) is 5.75 Å². The molecule has 1 aromatic carbocycles. The Hall–Kier alpha value is -1.74. The van der Waals surface area contributed by atoms with Gasteiger partial charge in [0.15, 0.2) is 0 Å². The highest BCUT2D eigenvalue weighted by molar-refractivity contribution is 6.31. The second-order valence-corrected chi connectivity index (χ2v) is 3.61. The van der Waals surface area contributed by atoms with Crippen LogP contribution in [-0.2, 0) is 0 Å². The molecule has 0 aliphatic carbocycles. The van der Waals surface area contributed by atoms with E-state index in [1.165, 1.54) is 6.26 Å². The van der Waals surface area contributed by atoms with Gasteiger partial charge in [0.25, 0.3) is 0 Å². The summed E-state index contributed by atoms with van der Waals surface area (Å²) in [6.07, 6.45) is 2.85. The fraction of sp³-hybridized carbons (Fsp3) is 0.0833. The molecule has 0 amide bonds. The lowest BCUT2D eigenvalue weighted by molar-refractivity contribution is 0.348. The summed E-state index contributed by atoms with van der Waals surface area (Å²) in [7, 11) is 0. The van der Waals surface area contributed by atoms with Gasteiger partial charge in [-0.25, -0.2) is 0 Å². The summed E-state index contributed by atoms with van der Waals surface area (Å²) in [5.74, 6) is 0.162. The zero-order valence-electron chi connectivity index (χ0n) is 8.40. The van der Waals surface area contributed by atoms with Crippen LogP contribution in [0.25, 0.3) is 11.0 Å². The summed E-state index contributed by atoms with van der Waals surface area (Å²) in [4.78, 5) is 11.9.